The number of para-hydroxylation sites is 2. The molecule has 25 heavy (non-hydrogen) atoms. The van der Waals surface area contributed by atoms with Crippen LogP contribution in [0, 0.1) is 13.8 Å². The second-order valence-electron chi connectivity index (χ2n) is 6.15. The van der Waals surface area contributed by atoms with E-state index in [1.54, 1.807) is 0 Å². The van der Waals surface area contributed by atoms with Gasteiger partial charge in [0.05, 0.1) is 11.0 Å². The second kappa shape index (κ2) is 7.34. The maximum Gasteiger partial charge on any atom is 0.270 e. The molecule has 0 radical (unpaired) electrons. The average molecular weight is 338 g/mol. The summed E-state index contributed by atoms with van der Waals surface area (Å²) < 4.78 is 2.16. The summed E-state index contributed by atoms with van der Waals surface area (Å²) in [6.45, 7) is 5.40. The van der Waals surface area contributed by atoms with Crippen LogP contribution in [0.2, 0.25) is 0 Å². The summed E-state index contributed by atoms with van der Waals surface area (Å²) in [6, 6.07) is 11.5. The highest BCUT2D eigenvalue weighted by molar-refractivity contribution is 5.76. The van der Waals surface area contributed by atoms with Crippen molar-refractivity contribution in [1.29, 1.82) is 0 Å². The van der Waals surface area contributed by atoms with E-state index in [1.807, 2.05) is 38.1 Å². The first-order chi connectivity index (χ1) is 12.0. The van der Waals surface area contributed by atoms with Gasteiger partial charge in [0.25, 0.3) is 5.56 Å². The zero-order valence-electron chi connectivity index (χ0n) is 14.5. The number of benzene rings is 1. The minimum Gasteiger partial charge on any atom is -0.354 e. The van der Waals surface area contributed by atoms with E-state index < -0.39 is 0 Å². The highest BCUT2D eigenvalue weighted by Crippen LogP contribution is 2.07. The average Bonchev–Trinajstić information content (AvgIpc) is 2.92. The van der Waals surface area contributed by atoms with Crippen molar-refractivity contribution < 1.29 is 4.79 Å². The van der Waals surface area contributed by atoms with Crippen molar-refractivity contribution in [2.45, 2.75) is 33.2 Å². The number of H-pyrrole nitrogens is 1. The van der Waals surface area contributed by atoms with Crippen LogP contribution in [0.25, 0.3) is 11.0 Å². The maximum absolute atomic E-state index is 12.0. The molecule has 0 aliphatic heterocycles. The molecule has 0 bridgehead atoms. The molecule has 0 aliphatic carbocycles. The smallest absolute Gasteiger partial charge is 0.270 e. The zero-order valence-corrected chi connectivity index (χ0v) is 14.5. The number of amides is 1. The van der Waals surface area contributed by atoms with Crippen molar-refractivity contribution in [1.82, 2.24) is 19.9 Å². The summed E-state index contributed by atoms with van der Waals surface area (Å²) in [5.74, 6) is -0.0724. The molecule has 3 rings (SSSR count). The first kappa shape index (κ1) is 17.0. The lowest BCUT2D eigenvalue weighted by Crippen LogP contribution is -2.28. The number of carbonyl (C=O) groups is 1. The van der Waals surface area contributed by atoms with Gasteiger partial charge in [-0.25, -0.2) is 4.98 Å². The van der Waals surface area contributed by atoms with Crippen LogP contribution < -0.4 is 10.9 Å². The van der Waals surface area contributed by atoms with Gasteiger partial charge in [0.15, 0.2) is 0 Å². The van der Waals surface area contributed by atoms with E-state index in [2.05, 4.69) is 32.0 Å². The molecule has 1 aromatic carbocycles. The lowest BCUT2D eigenvalue weighted by atomic mass is 10.2. The normalized spacial score (nSPS) is 11.0. The number of aryl methyl sites for hydroxylation is 3. The lowest BCUT2D eigenvalue weighted by molar-refractivity contribution is -0.121. The van der Waals surface area contributed by atoms with Gasteiger partial charge in [-0.1, -0.05) is 12.1 Å². The van der Waals surface area contributed by atoms with E-state index in [-0.39, 0.29) is 17.9 Å². The molecule has 0 fully saturated rings. The first-order valence-electron chi connectivity index (χ1n) is 8.42. The summed E-state index contributed by atoms with van der Waals surface area (Å²) in [5, 5.41) is 2.90. The van der Waals surface area contributed by atoms with Gasteiger partial charge in [0, 0.05) is 37.3 Å². The van der Waals surface area contributed by atoms with Crippen molar-refractivity contribution in [3.8, 4) is 0 Å². The molecular formula is C19H22N4O2. The fraction of sp³-hybridized carbons (Fsp3) is 0.316. The minimum atomic E-state index is -0.231. The summed E-state index contributed by atoms with van der Waals surface area (Å²) in [5.41, 5.74) is 3.96. The Balaban J connectivity index is 1.54. The Kier molecular flexibility index (Phi) is 4.97. The van der Waals surface area contributed by atoms with Crippen LogP contribution in [0.15, 0.2) is 41.2 Å². The maximum atomic E-state index is 12.0. The Morgan fingerprint density at radius 3 is 2.64 bits per heavy atom. The number of nitrogens with one attached hydrogen (secondary N) is 2. The highest BCUT2D eigenvalue weighted by atomic mass is 16.1. The topological polar surface area (TPSA) is 79.8 Å². The van der Waals surface area contributed by atoms with Crippen LogP contribution in [0.3, 0.4) is 0 Å². The molecule has 0 spiro atoms. The van der Waals surface area contributed by atoms with Crippen LogP contribution in [0.4, 0.5) is 0 Å². The van der Waals surface area contributed by atoms with E-state index in [0.29, 0.717) is 24.2 Å². The fourth-order valence-corrected chi connectivity index (χ4v) is 2.92. The second-order valence-corrected chi connectivity index (χ2v) is 6.15. The third-order valence-corrected chi connectivity index (χ3v) is 4.33. The van der Waals surface area contributed by atoms with E-state index in [9.17, 15) is 9.59 Å². The van der Waals surface area contributed by atoms with Gasteiger partial charge in [0.1, 0.15) is 5.69 Å². The standard InChI is InChI=1S/C19H22N4O2/c1-13-7-8-14(2)23(13)12-11-20-18(24)10-9-17-19(25)22-16-6-4-3-5-15(16)21-17/h3-8H,9-12H2,1-2H3,(H,20,24)(H,22,25). The predicted molar refractivity (Wildman–Crippen MR) is 97.6 cm³/mol. The molecule has 0 aliphatic rings. The number of hydrogen-bond acceptors (Lipinski definition) is 3. The van der Waals surface area contributed by atoms with Crippen molar-refractivity contribution >= 4 is 16.9 Å². The predicted octanol–water partition coefficient (Wildman–Crippen LogP) is 2.09. The number of nitrogens with zero attached hydrogens (tertiary/aromatic N) is 2. The van der Waals surface area contributed by atoms with E-state index in [4.69, 9.17) is 0 Å². The van der Waals surface area contributed by atoms with Crippen molar-refractivity contribution in [3.63, 3.8) is 0 Å². The van der Waals surface area contributed by atoms with Gasteiger partial charge in [-0.2, -0.15) is 0 Å². The molecule has 6 nitrogen and oxygen atoms in total. The van der Waals surface area contributed by atoms with E-state index in [1.165, 1.54) is 11.4 Å². The quantitative estimate of drug-likeness (QED) is 0.722. The van der Waals surface area contributed by atoms with E-state index in [0.717, 1.165) is 12.1 Å². The van der Waals surface area contributed by atoms with Gasteiger partial charge >= 0.3 is 0 Å². The molecule has 3 aromatic rings. The molecule has 2 N–H and O–H groups in total. The molecule has 0 saturated carbocycles. The molecule has 6 heteroatoms. The fourth-order valence-electron chi connectivity index (χ4n) is 2.92. The summed E-state index contributed by atoms with van der Waals surface area (Å²) in [7, 11) is 0. The number of fused-ring (bicyclic) bond motifs is 1. The number of aromatic amines is 1. The van der Waals surface area contributed by atoms with Crippen LogP contribution in [-0.2, 0) is 17.8 Å². The van der Waals surface area contributed by atoms with Gasteiger partial charge in [-0.3, -0.25) is 9.59 Å². The number of rotatable bonds is 6. The largest absolute Gasteiger partial charge is 0.354 e. The van der Waals surface area contributed by atoms with Crippen molar-refractivity contribution in [2.75, 3.05) is 6.54 Å². The Labute approximate surface area is 145 Å². The van der Waals surface area contributed by atoms with Gasteiger partial charge < -0.3 is 14.9 Å². The first-order valence-corrected chi connectivity index (χ1v) is 8.42. The van der Waals surface area contributed by atoms with Crippen LogP contribution in [-0.4, -0.2) is 27.0 Å². The summed E-state index contributed by atoms with van der Waals surface area (Å²) in [4.78, 5) is 31.2. The SMILES string of the molecule is Cc1ccc(C)n1CCNC(=O)CCc1nc2ccccc2[nH]c1=O. The van der Waals surface area contributed by atoms with Crippen molar-refractivity contribution in [3.05, 3.63) is 63.8 Å². The van der Waals surface area contributed by atoms with Crippen LogP contribution in [0.5, 0.6) is 0 Å². The highest BCUT2D eigenvalue weighted by Gasteiger charge is 2.08. The molecule has 130 valence electrons. The zero-order chi connectivity index (χ0) is 17.8. The molecular weight excluding hydrogens is 316 g/mol. The van der Waals surface area contributed by atoms with Gasteiger partial charge in [-0.15, -0.1) is 0 Å². The monoisotopic (exact) mass is 338 g/mol. The number of hydrogen-bond donors (Lipinski definition) is 2. The van der Waals surface area contributed by atoms with Crippen LogP contribution in [0.1, 0.15) is 23.5 Å². The Hall–Kier alpha value is -2.89. The summed E-state index contributed by atoms with van der Waals surface area (Å²) >= 11 is 0. The Bertz CT molecular complexity index is 936. The molecule has 0 saturated heterocycles. The van der Waals surface area contributed by atoms with Crippen LogP contribution >= 0.6 is 0 Å². The number of aromatic nitrogens is 3. The molecule has 0 atom stereocenters. The summed E-state index contributed by atoms with van der Waals surface area (Å²) in [6.07, 6.45) is 0.575. The number of carbonyl (C=O) groups excluding carboxylic acids is 1. The third kappa shape index (κ3) is 3.96. The third-order valence-electron chi connectivity index (χ3n) is 4.33. The Morgan fingerprint density at radius 1 is 1.16 bits per heavy atom. The van der Waals surface area contributed by atoms with Gasteiger partial charge in [0.2, 0.25) is 5.91 Å². The molecule has 2 heterocycles. The molecule has 2 aromatic heterocycles. The van der Waals surface area contributed by atoms with Gasteiger partial charge in [-0.05, 0) is 38.1 Å². The van der Waals surface area contributed by atoms with Crippen molar-refractivity contribution in [2.24, 2.45) is 0 Å². The lowest BCUT2D eigenvalue weighted by Gasteiger charge is -2.10. The minimum absolute atomic E-state index is 0.0724. The molecule has 0 unspecified atom stereocenters. The molecule has 1 amide bonds. The van der Waals surface area contributed by atoms with E-state index >= 15 is 0 Å². The Morgan fingerprint density at radius 2 is 1.88 bits per heavy atom.